The van der Waals surface area contributed by atoms with Crippen LogP contribution in [-0.2, 0) is 10.0 Å². The lowest BCUT2D eigenvalue weighted by Gasteiger charge is -2.32. The summed E-state index contributed by atoms with van der Waals surface area (Å²) in [4.78, 5) is 18.4. The maximum atomic E-state index is 13.0. The molecule has 7 heteroatoms. The first kappa shape index (κ1) is 21.6. The Morgan fingerprint density at radius 1 is 1.06 bits per heavy atom. The number of aromatic nitrogens is 1. The lowest BCUT2D eigenvalue weighted by Crippen LogP contribution is -2.38. The maximum absolute atomic E-state index is 13.0. The van der Waals surface area contributed by atoms with Gasteiger partial charge in [0.05, 0.1) is 4.90 Å². The van der Waals surface area contributed by atoms with Gasteiger partial charge < -0.3 is 9.88 Å². The van der Waals surface area contributed by atoms with E-state index in [9.17, 15) is 13.2 Å². The minimum Gasteiger partial charge on any atom is -0.361 e. The number of aromatic amines is 1. The van der Waals surface area contributed by atoms with E-state index in [4.69, 9.17) is 0 Å². The number of H-pyrrole nitrogens is 1. The molecule has 2 aromatic carbocycles. The fourth-order valence-electron chi connectivity index (χ4n) is 4.22. The molecule has 0 aliphatic carbocycles. The van der Waals surface area contributed by atoms with Gasteiger partial charge in [0.1, 0.15) is 0 Å². The zero-order valence-corrected chi connectivity index (χ0v) is 19.0. The van der Waals surface area contributed by atoms with Crippen LogP contribution >= 0.6 is 0 Å². The summed E-state index contributed by atoms with van der Waals surface area (Å²) in [6.07, 6.45) is 3.93. The molecule has 0 atom stereocenters. The van der Waals surface area contributed by atoms with Crippen molar-refractivity contribution >= 4 is 26.8 Å². The summed E-state index contributed by atoms with van der Waals surface area (Å²) in [7, 11) is -1.98. The third-order valence-corrected chi connectivity index (χ3v) is 8.40. The van der Waals surface area contributed by atoms with Crippen LogP contribution in [0, 0.1) is 0 Å². The van der Waals surface area contributed by atoms with Crippen molar-refractivity contribution in [2.75, 3.05) is 20.1 Å². The Morgan fingerprint density at radius 2 is 1.71 bits per heavy atom. The first-order valence-corrected chi connectivity index (χ1v) is 12.2. The standard InChI is InChI=1S/C24H29N3O3S/c1-17(2)26(3)31(29,30)20-10-8-19(9-11-20)24(28)27-14-12-18(13-15-27)22-16-25-23-7-5-4-6-21(22)23/h4-11,16-18,25H,12-15H2,1-3H3. The molecule has 0 radical (unpaired) electrons. The number of carbonyl (C=O) groups excluding carboxylic acids is 1. The monoisotopic (exact) mass is 439 g/mol. The molecule has 6 nitrogen and oxygen atoms in total. The van der Waals surface area contributed by atoms with Crippen molar-refractivity contribution in [2.24, 2.45) is 0 Å². The number of amides is 1. The van der Waals surface area contributed by atoms with E-state index in [0.29, 0.717) is 24.6 Å². The van der Waals surface area contributed by atoms with E-state index in [-0.39, 0.29) is 16.8 Å². The second kappa shape index (κ2) is 8.48. The highest BCUT2D eigenvalue weighted by atomic mass is 32.2. The van der Waals surface area contributed by atoms with E-state index in [0.717, 1.165) is 18.4 Å². The summed E-state index contributed by atoms with van der Waals surface area (Å²) in [6, 6.07) is 14.5. The fraction of sp³-hybridized carbons (Fsp3) is 0.375. The number of benzene rings is 2. The van der Waals surface area contributed by atoms with Crippen molar-refractivity contribution in [1.82, 2.24) is 14.2 Å². The molecular weight excluding hydrogens is 410 g/mol. The highest BCUT2D eigenvalue weighted by Gasteiger charge is 2.27. The molecule has 1 saturated heterocycles. The predicted octanol–water partition coefficient (Wildman–Crippen LogP) is 4.22. The Morgan fingerprint density at radius 3 is 2.35 bits per heavy atom. The van der Waals surface area contributed by atoms with Gasteiger partial charge in [-0.15, -0.1) is 0 Å². The number of sulfonamides is 1. The summed E-state index contributed by atoms with van der Waals surface area (Å²) < 4.78 is 26.6. The van der Waals surface area contributed by atoms with E-state index >= 15 is 0 Å². The first-order valence-electron chi connectivity index (χ1n) is 10.7. The lowest BCUT2D eigenvalue weighted by atomic mass is 9.89. The minimum absolute atomic E-state index is 0.0430. The molecular formula is C24H29N3O3S. The van der Waals surface area contributed by atoms with Crippen LogP contribution in [-0.4, -0.2) is 54.7 Å². The van der Waals surface area contributed by atoms with Crippen LogP contribution < -0.4 is 0 Å². The number of rotatable bonds is 5. The zero-order valence-electron chi connectivity index (χ0n) is 18.2. The van der Waals surface area contributed by atoms with Crippen LogP contribution in [0.1, 0.15) is 48.5 Å². The molecule has 164 valence electrons. The van der Waals surface area contributed by atoms with Crippen LogP contribution in [0.15, 0.2) is 59.6 Å². The van der Waals surface area contributed by atoms with Gasteiger partial charge in [0.15, 0.2) is 0 Å². The van der Waals surface area contributed by atoms with Crippen molar-refractivity contribution in [3.63, 3.8) is 0 Å². The van der Waals surface area contributed by atoms with Gasteiger partial charge in [-0.1, -0.05) is 18.2 Å². The second-order valence-corrected chi connectivity index (χ2v) is 10.5. The van der Waals surface area contributed by atoms with Crippen molar-refractivity contribution in [3.8, 4) is 0 Å². The van der Waals surface area contributed by atoms with Crippen LogP contribution in [0.5, 0.6) is 0 Å². The van der Waals surface area contributed by atoms with Gasteiger partial charge in [0, 0.05) is 48.8 Å². The number of hydrogen-bond donors (Lipinski definition) is 1. The molecule has 1 fully saturated rings. The van der Waals surface area contributed by atoms with E-state index in [1.165, 1.54) is 27.4 Å². The molecule has 31 heavy (non-hydrogen) atoms. The first-order chi connectivity index (χ1) is 14.8. The zero-order chi connectivity index (χ0) is 22.2. The highest BCUT2D eigenvalue weighted by Crippen LogP contribution is 2.33. The average molecular weight is 440 g/mol. The number of carbonyl (C=O) groups is 1. The van der Waals surface area contributed by atoms with Gasteiger partial charge in [-0.25, -0.2) is 8.42 Å². The largest absolute Gasteiger partial charge is 0.361 e. The van der Waals surface area contributed by atoms with Crippen LogP contribution in [0.4, 0.5) is 0 Å². The van der Waals surface area contributed by atoms with Crippen molar-refractivity contribution in [3.05, 3.63) is 65.9 Å². The van der Waals surface area contributed by atoms with Crippen molar-refractivity contribution < 1.29 is 13.2 Å². The molecule has 1 aromatic heterocycles. The van der Waals surface area contributed by atoms with Crippen LogP contribution in [0.2, 0.25) is 0 Å². The number of piperidine rings is 1. The average Bonchev–Trinajstić information content (AvgIpc) is 3.22. The summed E-state index contributed by atoms with van der Waals surface area (Å²) in [5, 5.41) is 1.26. The number of hydrogen-bond acceptors (Lipinski definition) is 3. The summed E-state index contributed by atoms with van der Waals surface area (Å²) >= 11 is 0. The molecule has 0 spiro atoms. The third kappa shape index (κ3) is 4.12. The molecule has 2 heterocycles. The molecule has 1 aliphatic heterocycles. The van der Waals surface area contributed by atoms with E-state index in [1.807, 2.05) is 24.8 Å². The van der Waals surface area contributed by atoms with Gasteiger partial charge >= 0.3 is 0 Å². The van der Waals surface area contributed by atoms with Crippen LogP contribution in [0.25, 0.3) is 10.9 Å². The Kier molecular flexibility index (Phi) is 5.90. The summed E-state index contributed by atoms with van der Waals surface area (Å²) in [6.45, 7) is 5.04. The lowest BCUT2D eigenvalue weighted by molar-refractivity contribution is 0.0713. The Hall–Kier alpha value is -2.64. The molecule has 1 amide bonds. The Bertz CT molecular complexity index is 1170. The molecule has 1 aliphatic rings. The van der Waals surface area contributed by atoms with Gasteiger partial charge in [-0.3, -0.25) is 4.79 Å². The number of para-hydroxylation sites is 1. The maximum Gasteiger partial charge on any atom is 0.253 e. The molecule has 4 rings (SSSR count). The number of nitrogens with zero attached hydrogens (tertiary/aromatic N) is 2. The topological polar surface area (TPSA) is 73.5 Å². The van der Waals surface area contributed by atoms with Gasteiger partial charge in [-0.2, -0.15) is 4.31 Å². The second-order valence-electron chi connectivity index (χ2n) is 8.50. The predicted molar refractivity (Wildman–Crippen MR) is 123 cm³/mol. The smallest absolute Gasteiger partial charge is 0.253 e. The van der Waals surface area contributed by atoms with Crippen LogP contribution in [0.3, 0.4) is 0 Å². The van der Waals surface area contributed by atoms with E-state index < -0.39 is 10.0 Å². The SMILES string of the molecule is CC(C)N(C)S(=O)(=O)c1ccc(C(=O)N2CCC(c3c[nH]c4ccccc34)CC2)cc1. The van der Waals surface area contributed by atoms with Gasteiger partial charge in [0.2, 0.25) is 10.0 Å². The highest BCUT2D eigenvalue weighted by molar-refractivity contribution is 7.89. The molecule has 1 N–H and O–H groups in total. The molecule has 3 aromatic rings. The van der Waals surface area contributed by atoms with E-state index in [1.54, 1.807) is 19.2 Å². The Labute approximate surface area is 183 Å². The normalized spacial score (nSPS) is 15.8. The molecule has 0 saturated carbocycles. The third-order valence-electron chi connectivity index (χ3n) is 6.35. The van der Waals surface area contributed by atoms with Gasteiger partial charge in [-0.05, 0) is 68.5 Å². The summed E-state index contributed by atoms with van der Waals surface area (Å²) in [5.74, 6) is 0.387. The molecule has 0 bridgehead atoms. The van der Waals surface area contributed by atoms with Gasteiger partial charge in [0.25, 0.3) is 5.91 Å². The molecule has 0 unspecified atom stereocenters. The van der Waals surface area contributed by atoms with E-state index in [2.05, 4.69) is 29.4 Å². The van der Waals surface area contributed by atoms with Crippen molar-refractivity contribution in [2.45, 2.75) is 43.5 Å². The number of nitrogens with one attached hydrogen (secondary N) is 1. The number of likely N-dealkylation sites (tertiary alicyclic amines) is 1. The van der Waals surface area contributed by atoms with Crippen molar-refractivity contribution in [1.29, 1.82) is 0 Å². The Balaban J connectivity index is 1.43. The number of fused-ring (bicyclic) bond motifs is 1. The fourth-order valence-corrected chi connectivity index (χ4v) is 5.59. The summed E-state index contributed by atoms with van der Waals surface area (Å²) in [5.41, 5.74) is 3.00. The quantitative estimate of drug-likeness (QED) is 0.647. The minimum atomic E-state index is -3.55.